The van der Waals surface area contributed by atoms with Gasteiger partial charge in [0.25, 0.3) is 0 Å². The molecule has 1 aliphatic heterocycles. The van der Waals surface area contributed by atoms with Gasteiger partial charge in [-0.05, 0) is 31.4 Å². The maximum atomic E-state index is 12.8. The lowest BCUT2D eigenvalue weighted by Crippen LogP contribution is -2.55. The minimum absolute atomic E-state index is 0.0338. The molecule has 2 aromatic rings. The van der Waals surface area contributed by atoms with Crippen molar-refractivity contribution in [3.63, 3.8) is 0 Å². The number of amides is 3. The van der Waals surface area contributed by atoms with Crippen LogP contribution in [0.15, 0.2) is 24.3 Å². The molecule has 0 bridgehead atoms. The van der Waals surface area contributed by atoms with Crippen LogP contribution in [-0.2, 0) is 11.2 Å². The molecule has 4 rings (SSSR count). The number of hydrogen-bond donors (Lipinski definition) is 2. The fourth-order valence-corrected chi connectivity index (χ4v) is 4.50. The van der Waals surface area contributed by atoms with E-state index in [0.29, 0.717) is 38.6 Å². The first-order valence-electron chi connectivity index (χ1n) is 10.5. The number of aromatic amines is 1. The molecule has 0 spiro atoms. The van der Waals surface area contributed by atoms with Gasteiger partial charge in [0, 0.05) is 48.8 Å². The van der Waals surface area contributed by atoms with Gasteiger partial charge in [-0.1, -0.05) is 37.5 Å². The molecule has 2 fully saturated rings. The number of carbonyl (C=O) groups excluding carboxylic acids is 2. The average Bonchev–Trinajstić information content (AvgIpc) is 3.04. The van der Waals surface area contributed by atoms with Gasteiger partial charge >= 0.3 is 6.03 Å². The monoisotopic (exact) mass is 382 g/mol. The molecule has 0 radical (unpaired) electrons. The maximum Gasteiger partial charge on any atom is 0.317 e. The number of H-pyrrole nitrogens is 1. The molecule has 150 valence electrons. The predicted molar refractivity (Wildman–Crippen MR) is 110 cm³/mol. The van der Waals surface area contributed by atoms with Crippen LogP contribution in [0.1, 0.15) is 43.4 Å². The first-order chi connectivity index (χ1) is 13.6. The van der Waals surface area contributed by atoms with E-state index in [1.165, 1.54) is 19.3 Å². The molecule has 1 saturated carbocycles. The van der Waals surface area contributed by atoms with Crippen molar-refractivity contribution < 1.29 is 9.59 Å². The van der Waals surface area contributed by atoms with Crippen LogP contribution in [0.3, 0.4) is 0 Å². The minimum atomic E-state index is 0.0338. The first kappa shape index (κ1) is 18.8. The van der Waals surface area contributed by atoms with Crippen LogP contribution in [0.4, 0.5) is 4.79 Å². The average molecular weight is 383 g/mol. The lowest BCUT2D eigenvalue weighted by Gasteiger charge is -2.36. The third-order valence-electron chi connectivity index (χ3n) is 6.21. The molecule has 28 heavy (non-hydrogen) atoms. The number of nitrogens with zero attached hydrogens (tertiary/aromatic N) is 2. The quantitative estimate of drug-likeness (QED) is 0.856. The highest BCUT2D eigenvalue weighted by molar-refractivity contribution is 5.90. The highest BCUT2D eigenvalue weighted by atomic mass is 16.2. The molecule has 1 aliphatic carbocycles. The van der Waals surface area contributed by atoms with Crippen LogP contribution in [0, 0.1) is 6.92 Å². The van der Waals surface area contributed by atoms with Crippen molar-refractivity contribution in [2.45, 2.75) is 51.5 Å². The van der Waals surface area contributed by atoms with Gasteiger partial charge in [0.1, 0.15) is 0 Å². The van der Waals surface area contributed by atoms with E-state index in [0.717, 1.165) is 35.0 Å². The molecule has 6 heteroatoms. The SMILES string of the molecule is Cc1[nH]c2ccccc2c1CC(=O)N1CCN(C(=O)NC2CCCCC2)CC1. The maximum absolute atomic E-state index is 12.8. The van der Waals surface area contributed by atoms with Gasteiger partial charge in [0.15, 0.2) is 0 Å². The number of para-hydroxylation sites is 1. The van der Waals surface area contributed by atoms with Crippen molar-refractivity contribution in [1.82, 2.24) is 20.1 Å². The smallest absolute Gasteiger partial charge is 0.317 e. The third-order valence-corrected chi connectivity index (χ3v) is 6.21. The van der Waals surface area contributed by atoms with E-state index in [1.54, 1.807) is 0 Å². The van der Waals surface area contributed by atoms with E-state index in [-0.39, 0.29) is 11.9 Å². The Morgan fingerprint density at radius 2 is 1.71 bits per heavy atom. The Hall–Kier alpha value is -2.50. The number of piperazine rings is 1. The van der Waals surface area contributed by atoms with Gasteiger partial charge in [0.2, 0.25) is 5.91 Å². The second-order valence-corrected chi connectivity index (χ2v) is 8.10. The fraction of sp³-hybridized carbons (Fsp3) is 0.545. The summed E-state index contributed by atoms with van der Waals surface area (Å²) in [6, 6.07) is 8.47. The molecule has 0 unspecified atom stereocenters. The predicted octanol–water partition coefficient (Wildman–Crippen LogP) is 3.21. The number of rotatable bonds is 3. The Morgan fingerprint density at radius 3 is 2.46 bits per heavy atom. The van der Waals surface area contributed by atoms with E-state index in [2.05, 4.69) is 16.4 Å². The molecule has 1 aromatic carbocycles. The van der Waals surface area contributed by atoms with Crippen LogP contribution in [0.5, 0.6) is 0 Å². The zero-order chi connectivity index (χ0) is 19.5. The minimum Gasteiger partial charge on any atom is -0.358 e. The van der Waals surface area contributed by atoms with Gasteiger partial charge < -0.3 is 20.1 Å². The van der Waals surface area contributed by atoms with Crippen molar-refractivity contribution in [3.05, 3.63) is 35.5 Å². The number of hydrogen-bond acceptors (Lipinski definition) is 2. The Bertz CT molecular complexity index is 845. The molecule has 2 N–H and O–H groups in total. The van der Waals surface area contributed by atoms with E-state index >= 15 is 0 Å². The summed E-state index contributed by atoms with van der Waals surface area (Å²) in [6.45, 7) is 4.46. The second kappa shape index (κ2) is 8.25. The highest BCUT2D eigenvalue weighted by Crippen LogP contribution is 2.23. The number of urea groups is 1. The normalized spacial score (nSPS) is 18.5. The van der Waals surface area contributed by atoms with Crippen LogP contribution in [-0.4, -0.2) is 58.9 Å². The molecule has 1 aromatic heterocycles. The molecule has 0 atom stereocenters. The van der Waals surface area contributed by atoms with E-state index in [9.17, 15) is 9.59 Å². The zero-order valence-corrected chi connectivity index (χ0v) is 16.7. The van der Waals surface area contributed by atoms with E-state index in [4.69, 9.17) is 0 Å². The van der Waals surface area contributed by atoms with Crippen LogP contribution in [0.25, 0.3) is 10.9 Å². The summed E-state index contributed by atoms with van der Waals surface area (Å²) in [5.41, 5.74) is 3.21. The molecule has 6 nitrogen and oxygen atoms in total. The van der Waals surface area contributed by atoms with Crippen molar-refractivity contribution in [2.75, 3.05) is 26.2 Å². The molecule has 2 aliphatic rings. The molecule has 1 saturated heterocycles. The Kier molecular flexibility index (Phi) is 5.55. The van der Waals surface area contributed by atoms with Crippen LogP contribution >= 0.6 is 0 Å². The van der Waals surface area contributed by atoms with Crippen molar-refractivity contribution in [2.24, 2.45) is 0 Å². The second-order valence-electron chi connectivity index (χ2n) is 8.10. The molecular weight excluding hydrogens is 352 g/mol. The Balaban J connectivity index is 1.31. The number of nitrogens with one attached hydrogen (secondary N) is 2. The van der Waals surface area contributed by atoms with Crippen molar-refractivity contribution >= 4 is 22.8 Å². The number of fused-ring (bicyclic) bond motifs is 1. The summed E-state index contributed by atoms with van der Waals surface area (Å²) in [5.74, 6) is 0.139. The summed E-state index contributed by atoms with van der Waals surface area (Å²) in [5, 5.41) is 4.30. The van der Waals surface area contributed by atoms with Gasteiger partial charge in [-0.3, -0.25) is 4.79 Å². The number of carbonyl (C=O) groups is 2. The summed E-state index contributed by atoms with van der Waals surface area (Å²) < 4.78 is 0. The molecule has 2 heterocycles. The fourth-order valence-electron chi connectivity index (χ4n) is 4.50. The topological polar surface area (TPSA) is 68.4 Å². The number of aromatic nitrogens is 1. The number of aryl methyl sites for hydroxylation is 1. The van der Waals surface area contributed by atoms with Crippen molar-refractivity contribution in [3.8, 4) is 0 Å². The van der Waals surface area contributed by atoms with E-state index < -0.39 is 0 Å². The summed E-state index contributed by atoms with van der Waals surface area (Å²) >= 11 is 0. The Morgan fingerprint density at radius 1 is 1.04 bits per heavy atom. The largest absolute Gasteiger partial charge is 0.358 e. The molecular formula is C22H30N4O2. The van der Waals surface area contributed by atoms with E-state index in [1.807, 2.05) is 34.9 Å². The highest BCUT2D eigenvalue weighted by Gasteiger charge is 2.26. The van der Waals surface area contributed by atoms with Gasteiger partial charge in [-0.15, -0.1) is 0 Å². The molecule has 3 amide bonds. The van der Waals surface area contributed by atoms with Crippen molar-refractivity contribution in [1.29, 1.82) is 0 Å². The van der Waals surface area contributed by atoms with Gasteiger partial charge in [-0.2, -0.15) is 0 Å². The summed E-state index contributed by atoms with van der Waals surface area (Å²) in [7, 11) is 0. The van der Waals surface area contributed by atoms with Gasteiger partial charge in [-0.25, -0.2) is 4.79 Å². The number of benzene rings is 1. The van der Waals surface area contributed by atoms with Gasteiger partial charge in [0.05, 0.1) is 6.42 Å². The standard InChI is InChI=1S/C22H30N4O2/c1-16-19(18-9-5-6-10-20(18)23-16)15-21(27)25-11-13-26(14-12-25)22(28)24-17-7-3-2-4-8-17/h5-6,9-10,17,23H,2-4,7-8,11-15H2,1H3,(H,24,28). The first-order valence-corrected chi connectivity index (χ1v) is 10.5. The third kappa shape index (κ3) is 4.01. The zero-order valence-electron chi connectivity index (χ0n) is 16.7. The summed E-state index contributed by atoms with van der Waals surface area (Å²) in [4.78, 5) is 32.5. The van der Waals surface area contributed by atoms with Crippen LogP contribution in [0.2, 0.25) is 0 Å². The summed E-state index contributed by atoms with van der Waals surface area (Å²) in [6.07, 6.45) is 6.29. The lowest BCUT2D eigenvalue weighted by molar-refractivity contribution is -0.131. The van der Waals surface area contributed by atoms with Crippen LogP contribution < -0.4 is 5.32 Å². The Labute approximate surface area is 166 Å². The lowest BCUT2D eigenvalue weighted by atomic mass is 9.96.